The first kappa shape index (κ1) is 24.2. The summed E-state index contributed by atoms with van der Waals surface area (Å²) in [7, 11) is -7.47. The Balaban J connectivity index is 2.04. The fraction of sp³-hybridized carbons (Fsp3) is 0.611. The third-order valence-electron chi connectivity index (χ3n) is 4.99. The molecule has 1 amide bonds. The van der Waals surface area contributed by atoms with Crippen LogP contribution < -0.4 is 0 Å². The number of aryl methyl sites for hydroxylation is 1. The van der Waals surface area contributed by atoms with Crippen LogP contribution in [0.3, 0.4) is 0 Å². The monoisotopic (exact) mass is 461 g/mol. The molecular formula is C18H27N3O7S2. The van der Waals surface area contributed by atoms with Crippen LogP contribution in [0, 0.1) is 17.0 Å². The molecular weight excluding hydrogens is 434 g/mol. The van der Waals surface area contributed by atoms with E-state index in [1.165, 1.54) is 21.3 Å². The summed E-state index contributed by atoms with van der Waals surface area (Å²) < 4.78 is 51.2. The van der Waals surface area contributed by atoms with Gasteiger partial charge in [0.25, 0.3) is 5.69 Å². The number of nitrogens with zero attached hydrogens (tertiary/aromatic N) is 3. The minimum absolute atomic E-state index is 0.00785. The lowest BCUT2D eigenvalue weighted by Crippen LogP contribution is -2.51. The van der Waals surface area contributed by atoms with Crippen LogP contribution in [0.4, 0.5) is 5.69 Å². The molecule has 0 aromatic heterocycles. The van der Waals surface area contributed by atoms with Crippen LogP contribution >= 0.6 is 0 Å². The first-order valence-electron chi connectivity index (χ1n) is 9.71. The van der Waals surface area contributed by atoms with Crippen LogP contribution in [0.25, 0.3) is 0 Å². The van der Waals surface area contributed by atoms with Crippen LogP contribution in [0.2, 0.25) is 0 Å². The summed E-state index contributed by atoms with van der Waals surface area (Å²) in [6.07, 6.45) is 2.17. The summed E-state index contributed by atoms with van der Waals surface area (Å²) in [6.45, 7) is 3.63. The number of carbonyl (C=O) groups excluding carboxylic acids is 1. The van der Waals surface area contributed by atoms with E-state index in [0.29, 0.717) is 12.0 Å². The Morgan fingerprint density at radius 2 is 1.73 bits per heavy atom. The zero-order chi connectivity index (χ0) is 22.5. The first-order chi connectivity index (χ1) is 14.0. The molecule has 0 spiro atoms. The number of hydrogen-bond donors (Lipinski definition) is 0. The zero-order valence-electron chi connectivity index (χ0n) is 17.1. The van der Waals surface area contributed by atoms with Gasteiger partial charge in [0.2, 0.25) is 15.9 Å². The number of rotatable bonds is 9. The Bertz CT molecular complexity index is 999. The molecule has 1 aliphatic rings. The smallest absolute Gasteiger partial charge is 0.270 e. The van der Waals surface area contributed by atoms with Gasteiger partial charge in [0.15, 0.2) is 9.84 Å². The zero-order valence-corrected chi connectivity index (χ0v) is 18.7. The molecule has 1 saturated heterocycles. The van der Waals surface area contributed by atoms with Crippen molar-refractivity contribution in [3.8, 4) is 0 Å². The number of sulfone groups is 1. The SMILES string of the molecule is CCCCCS(=O)(=O)CC(=O)N1CCN(S(=O)(=O)c2cc([N+](=O)[O-])ccc2C)CC1. The second kappa shape index (κ2) is 9.84. The van der Waals surface area contributed by atoms with Crippen molar-refractivity contribution in [2.24, 2.45) is 0 Å². The van der Waals surface area contributed by atoms with E-state index >= 15 is 0 Å². The molecule has 1 heterocycles. The molecule has 10 nitrogen and oxygen atoms in total. The molecule has 0 radical (unpaired) electrons. The molecule has 0 bridgehead atoms. The summed E-state index contributed by atoms with van der Waals surface area (Å²) in [4.78, 5) is 23.9. The second-order valence-electron chi connectivity index (χ2n) is 7.29. The third-order valence-corrected chi connectivity index (χ3v) is 8.63. The molecule has 0 N–H and O–H groups in total. The molecule has 0 saturated carbocycles. The summed E-state index contributed by atoms with van der Waals surface area (Å²) in [5, 5.41) is 11.0. The van der Waals surface area contributed by atoms with Crippen LogP contribution in [-0.4, -0.2) is 74.6 Å². The normalized spacial score (nSPS) is 15.9. The van der Waals surface area contributed by atoms with Gasteiger partial charge in [0.05, 0.1) is 15.6 Å². The molecule has 2 rings (SSSR count). The highest BCUT2D eigenvalue weighted by Gasteiger charge is 2.33. The predicted octanol–water partition coefficient (Wildman–Crippen LogP) is 1.34. The lowest BCUT2D eigenvalue weighted by molar-refractivity contribution is -0.385. The van der Waals surface area contributed by atoms with E-state index in [2.05, 4.69) is 0 Å². The fourth-order valence-electron chi connectivity index (χ4n) is 3.22. The highest BCUT2D eigenvalue weighted by molar-refractivity contribution is 7.92. The van der Waals surface area contributed by atoms with Crippen molar-refractivity contribution in [1.82, 2.24) is 9.21 Å². The Labute approximate surface area is 177 Å². The van der Waals surface area contributed by atoms with Crippen molar-refractivity contribution >= 4 is 31.5 Å². The van der Waals surface area contributed by atoms with Crippen LogP contribution in [-0.2, 0) is 24.7 Å². The number of amides is 1. The fourth-order valence-corrected chi connectivity index (χ4v) is 6.23. The standard InChI is InChI=1S/C18H27N3O7S2/c1-3-4-5-12-29(25,26)14-18(22)19-8-10-20(11-9-19)30(27,28)17-13-16(21(23)24)7-6-15(17)2/h6-7,13H,3-5,8-12,14H2,1-2H3. The van der Waals surface area contributed by atoms with Gasteiger partial charge in [-0.15, -0.1) is 0 Å². The molecule has 0 aliphatic carbocycles. The number of hydrogen-bond acceptors (Lipinski definition) is 7. The Morgan fingerprint density at radius 3 is 2.30 bits per heavy atom. The van der Waals surface area contributed by atoms with E-state index < -0.39 is 36.4 Å². The minimum Gasteiger partial charge on any atom is -0.339 e. The Hall–Kier alpha value is -2.05. The lowest BCUT2D eigenvalue weighted by atomic mass is 10.2. The molecule has 1 aromatic rings. The molecule has 0 unspecified atom stereocenters. The van der Waals surface area contributed by atoms with Gasteiger partial charge in [-0.05, 0) is 18.9 Å². The number of carbonyl (C=O) groups is 1. The van der Waals surface area contributed by atoms with Crippen molar-refractivity contribution in [2.45, 2.75) is 38.0 Å². The van der Waals surface area contributed by atoms with E-state index in [0.717, 1.165) is 18.9 Å². The Kier molecular flexibility index (Phi) is 7.94. The molecule has 1 aromatic carbocycles. The van der Waals surface area contributed by atoms with E-state index in [1.54, 1.807) is 6.92 Å². The largest absolute Gasteiger partial charge is 0.339 e. The first-order valence-corrected chi connectivity index (χ1v) is 13.0. The summed E-state index contributed by atoms with van der Waals surface area (Å²) in [6, 6.07) is 3.66. The Morgan fingerprint density at radius 1 is 1.10 bits per heavy atom. The van der Waals surface area contributed by atoms with Gasteiger partial charge >= 0.3 is 0 Å². The molecule has 1 aliphatic heterocycles. The number of nitro groups is 1. The average molecular weight is 462 g/mol. The summed E-state index contributed by atoms with van der Waals surface area (Å²) in [5.41, 5.74) is 0.0681. The predicted molar refractivity (Wildman–Crippen MR) is 111 cm³/mol. The molecule has 30 heavy (non-hydrogen) atoms. The van der Waals surface area contributed by atoms with Gasteiger partial charge < -0.3 is 4.90 Å². The molecule has 12 heteroatoms. The minimum atomic E-state index is -3.98. The van der Waals surface area contributed by atoms with Crippen molar-refractivity contribution in [3.63, 3.8) is 0 Å². The maximum Gasteiger partial charge on any atom is 0.270 e. The number of non-ortho nitro benzene ring substituents is 1. The van der Waals surface area contributed by atoms with Crippen molar-refractivity contribution in [1.29, 1.82) is 0 Å². The van der Waals surface area contributed by atoms with Gasteiger partial charge in [0, 0.05) is 38.3 Å². The van der Waals surface area contributed by atoms with Crippen molar-refractivity contribution in [2.75, 3.05) is 37.7 Å². The topological polar surface area (TPSA) is 135 Å². The van der Waals surface area contributed by atoms with Crippen molar-refractivity contribution in [3.05, 3.63) is 33.9 Å². The number of piperazine rings is 1. The molecule has 0 atom stereocenters. The molecule has 168 valence electrons. The number of benzene rings is 1. The van der Waals surface area contributed by atoms with Gasteiger partial charge in [-0.2, -0.15) is 4.31 Å². The van der Waals surface area contributed by atoms with Gasteiger partial charge in [-0.1, -0.05) is 25.8 Å². The van der Waals surface area contributed by atoms with E-state index in [9.17, 15) is 31.7 Å². The third kappa shape index (κ3) is 5.99. The summed E-state index contributed by atoms with van der Waals surface area (Å²) >= 11 is 0. The second-order valence-corrected chi connectivity index (χ2v) is 11.4. The van der Waals surface area contributed by atoms with E-state index in [1.807, 2.05) is 6.92 Å². The summed E-state index contributed by atoms with van der Waals surface area (Å²) in [5.74, 6) is -1.14. The van der Waals surface area contributed by atoms with Gasteiger partial charge in [-0.25, -0.2) is 16.8 Å². The number of unbranched alkanes of at least 4 members (excludes halogenated alkanes) is 2. The van der Waals surface area contributed by atoms with Crippen LogP contribution in [0.1, 0.15) is 31.7 Å². The van der Waals surface area contributed by atoms with Crippen molar-refractivity contribution < 1.29 is 26.6 Å². The maximum atomic E-state index is 12.9. The average Bonchev–Trinajstić information content (AvgIpc) is 2.67. The van der Waals surface area contributed by atoms with Gasteiger partial charge in [-0.3, -0.25) is 14.9 Å². The van der Waals surface area contributed by atoms with E-state index in [-0.39, 0.29) is 42.5 Å². The number of nitro benzene ring substituents is 1. The van der Waals surface area contributed by atoms with E-state index in [4.69, 9.17) is 0 Å². The number of sulfonamides is 1. The maximum absolute atomic E-state index is 12.9. The lowest BCUT2D eigenvalue weighted by Gasteiger charge is -2.34. The van der Waals surface area contributed by atoms with Crippen LogP contribution in [0.5, 0.6) is 0 Å². The van der Waals surface area contributed by atoms with Crippen LogP contribution in [0.15, 0.2) is 23.1 Å². The highest BCUT2D eigenvalue weighted by atomic mass is 32.2. The quantitative estimate of drug-likeness (QED) is 0.308. The highest BCUT2D eigenvalue weighted by Crippen LogP contribution is 2.25. The van der Waals surface area contributed by atoms with Gasteiger partial charge in [0.1, 0.15) is 5.75 Å². The molecule has 1 fully saturated rings.